The molecule has 0 aromatic heterocycles. The summed E-state index contributed by atoms with van der Waals surface area (Å²) >= 11 is 0. The molecule has 0 aliphatic rings. The lowest BCUT2D eigenvalue weighted by Crippen LogP contribution is -2.40. The summed E-state index contributed by atoms with van der Waals surface area (Å²) in [5.74, 6) is -1.32. The van der Waals surface area contributed by atoms with E-state index in [1.165, 1.54) is 0 Å². The van der Waals surface area contributed by atoms with Crippen LogP contribution in [0.2, 0.25) is 0 Å². The molecule has 0 heterocycles. The number of alkyl carbamates (subject to hydrolysis) is 1. The third-order valence-corrected chi connectivity index (χ3v) is 2.53. The van der Waals surface area contributed by atoms with Gasteiger partial charge in [-0.3, -0.25) is 4.79 Å². The molecule has 2 amide bonds. The lowest BCUT2D eigenvalue weighted by atomic mass is 9.91. The van der Waals surface area contributed by atoms with Crippen molar-refractivity contribution >= 4 is 12.0 Å². The van der Waals surface area contributed by atoms with Crippen molar-refractivity contribution in [3.05, 3.63) is 0 Å². The van der Waals surface area contributed by atoms with Crippen LogP contribution in [0.25, 0.3) is 0 Å². The number of ether oxygens (including phenoxy) is 1. The summed E-state index contributed by atoms with van der Waals surface area (Å²) in [4.78, 5) is 22.0. The van der Waals surface area contributed by atoms with Crippen LogP contribution < -0.4 is 11.1 Å². The smallest absolute Gasteiger partial charge is 0.422 e. The molecule has 8 heteroatoms. The Balaban J connectivity index is 4.12. The van der Waals surface area contributed by atoms with Crippen molar-refractivity contribution < 1.29 is 27.5 Å². The van der Waals surface area contributed by atoms with Crippen molar-refractivity contribution in [3.8, 4) is 0 Å². The van der Waals surface area contributed by atoms with Crippen molar-refractivity contribution in [3.63, 3.8) is 0 Å². The maximum Gasteiger partial charge on any atom is 0.422 e. The van der Waals surface area contributed by atoms with Crippen LogP contribution in [0.4, 0.5) is 18.0 Å². The van der Waals surface area contributed by atoms with E-state index in [9.17, 15) is 22.8 Å². The standard InChI is InChI=1S/C10H17F3N2O3/c1-3-6(2)7(8(14)16)4-15-9(17)18-5-10(11,12)13/h6-7H,3-5H2,1-2H3,(H2,14,16)(H,15,17)/t6-,7?/m0/s1. The van der Waals surface area contributed by atoms with Crippen molar-refractivity contribution in [2.24, 2.45) is 17.6 Å². The average Bonchev–Trinajstić information content (AvgIpc) is 2.24. The summed E-state index contributed by atoms with van der Waals surface area (Å²) in [5.41, 5.74) is 5.13. The molecule has 3 N–H and O–H groups in total. The molecule has 2 atom stereocenters. The first-order chi connectivity index (χ1) is 8.17. The van der Waals surface area contributed by atoms with Gasteiger partial charge in [0.2, 0.25) is 5.91 Å². The fourth-order valence-corrected chi connectivity index (χ4v) is 1.26. The Morgan fingerprint density at radius 3 is 2.33 bits per heavy atom. The van der Waals surface area contributed by atoms with Crippen LogP contribution in [-0.4, -0.2) is 31.3 Å². The van der Waals surface area contributed by atoms with E-state index in [1.807, 2.05) is 6.92 Å². The van der Waals surface area contributed by atoms with Gasteiger partial charge in [0.25, 0.3) is 0 Å². The van der Waals surface area contributed by atoms with E-state index in [0.717, 1.165) is 0 Å². The number of alkyl halides is 3. The average molecular weight is 270 g/mol. The second-order valence-electron chi connectivity index (χ2n) is 3.97. The summed E-state index contributed by atoms with van der Waals surface area (Å²) in [5, 5.41) is 2.09. The van der Waals surface area contributed by atoms with Gasteiger partial charge in [-0.05, 0) is 5.92 Å². The minimum absolute atomic E-state index is 0.0783. The zero-order valence-electron chi connectivity index (χ0n) is 10.2. The number of nitrogens with two attached hydrogens (primary N) is 1. The fraction of sp³-hybridized carbons (Fsp3) is 0.800. The summed E-state index contributed by atoms with van der Waals surface area (Å²) in [6.45, 7) is 1.80. The summed E-state index contributed by atoms with van der Waals surface area (Å²) in [7, 11) is 0. The fourth-order valence-electron chi connectivity index (χ4n) is 1.26. The van der Waals surface area contributed by atoms with Crippen molar-refractivity contribution in [1.29, 1.82) is 0 Å². The number of carbonyl (C=O) groups is 2. The molecule has 0 fully saturated rings. The Morgan fingerprint density at radius 1 is 1.39 bits per heavy atom. The molecule has 0 saturated heterocycles. The van der Waals surface area contributed by atoms with Gasteiger partial charge in [-0.2, -0.15) is 13.2 Å². The Kier molecular flexibility index (Phi) is 6.50. The van der Waals surface area contributed by atoms with Gasteiger partial charge in [-0.15, -0.1) is 0 Å². The molecule has 18 heavy (non-hydrogen) atoms. The first kappa shape index (κ1) is 16.5. The highest BCUT2D eigenvalue weighted by atomic mass is 19.4. The molecule has 0 saturated carbocycles. The second kappa shape index (κ2) is 7.07. The molecule has 106 valence electrons. The zero-order valence-corrected chi connectivity index (χ0v) is 10.2. The number of halogens is 3. The number of hydrogen-bond acceptors (Lipinski definition) is 3. The van der Waals surface area contributed by atoms with Crippen LogP contribution in [0.15, 0.2) is 0 Å². The summed E-state index contributed by atoms with van der Waals surface area (Å²) in [6.07, 6.45) is -5.13. The maximum atomic E-state index is 11.7. The van der Waals surface area contributed by atoms with Gasteiger partial charge >= 0.3 is 12.3 Å². The highest BCUT2D eigenvalue weighted by Crippen LogP contribution is 2.15. The maximum absolute atomic E-state index is 11.7. The van der Waals surface area contributed by atoms with Crippen LogP contribution in [-0.2, 0) is 9.53 Å². The highest BCUT2D eigenvalue weighted by molar-refractivity contribution is 5.78. The van der Waals surface area contributed by atoms with Crippen LogP contribution in [0.1, 0.15) is 20.3 Å². The monoisotopic (exact) mass is 270 g/mol. The van der Waals surface area contributed by atoms with Crippen LogP contribution >= 0.6 is 0 Å². The highest BCUT2D eigenvalue weighted by Gasteiger charge is 2.30. The molecule has 0 aromatic carbocycles. The minimum atomic E-state index is -4.57. The second-order valence-corrected chi connectivity index (χ2v) is 3.97. The van der Waals surface area contributed by atoms with Gasteiger partial charge in [0.1, 0.15) is 0 Å². The largest absolute Gasteiger partial charge is 0.440 e. The molecule has 0 bridgehead atoms. The molecule has 5 nitrogen and oxygen atoms in total. The third-order valence-electron chi connectivity index (χ3n) is 2.53. The van der Waals surface area contributed by atoms with Gasteiger partial charge in [-0.25, -0.2) is 4.79 Å². The number of carbonyl (C=O) groups excluding carboxylic acids is 2. The van der Waals surface area contributed by atoms with E-state index in [-0.39, 0.29) is 12.5 Å². The van der Waals surface area contributed by atoms with Gasteiger partial charge in [-0.1, -0.05) is 20.3 Å². The lowest BCUT2D eigenvalue weighted by Gasteiger charge is -2.20. The van der Waals surface area contributed by atoms with Crippen molar-refractivity contribution in [1.82, 2.24) is 5.32 Å². The molecule has 0 radical (unpaired) electrons. The molecule has 0 spiro atoms. The lowest BCUT2D eigenvalue weighted by molar-refractivity contribution is -0.160. The molecule has 0 aliphatic carbocycles. The molecular weight excluding hydrogens is 253 g/mol. The molecule has 0 rings (SSSR count). The summed E-state index contributed by atoms with van der Waals surface area (Å²) in [6, 6.07) is 0. The topological polar surface area (TPSA) is 81.4 Å². The molecular formula is C10H17F3N2O3. The number of amides is 2. The van der Waals surface area contributed by atoms with Gasteiger partial charge < -0.3 is 15.8 Å². The van der Waals surface area contributed by atoms with Crippen LogP contribution in [0.3, 0.4) is 0 Å². The van der Waals surface area contributed by atoms with E-state index in [1.54, 1.807) is 6.92 Å². The Bertz CT molecular complexity index is 295. The third kappa shape index (κ3) is 6.97. The Hall–Kier alpha value is -1.47. The number of primary amides is 1. The number of hydrogen-bond donors (Lipinski definition) is 2. The summed E-state index contributed by atoms with van der Waals surface area (Å²) < 4.78 is 39.2. The minimum Gasteiger partial charge on any atom is -0.440 e. The van der Waals surface area contributed by atoms with Crippen LogP contribution in [0, 0.1) is 11.8 Å². The van der Waals surface area contributed by atoms with E-state index in [2.05, 4.69) is 10.1 Å². The first-order valence-corrected chi connectivity index (χ1v) is 5.44. The van der Waals surface area contributed by atoms with E-state index in [0.29, 0.717) is 6.42 Å². The molecule has 0 aromatic rings. The normalized spacial score (nSPS) is 14.7. The van der Waals surface area contributed by atoms with E-state index in [4.69, 9.17) is 5.73 Å². The van der Waals surface area contributed by atoms with Gasteiger partial charge in [0, 0.05) is 6.54 Å². The van der Waals surface area contributed by atoms with Gasteiger partial charge in [0.15, 0.2) is 6.61 Å². The number of nitrogens with one attached hydrogen (secondary N) is 1. The first-order valence-electron chi connectivity index (χ1n) is 5.44. The predicted molar refractivity (Wildman–Crippen MR) is 57.5 cm³/mol. The van der Waals surface area contributed by atoms with Crippen molar-refractivity contribution in [2.75, 3.05) is 13.2 Å². The van der Waals surface area contributed by atoms with Gasteiger partial charge in [0.05, 0.1) is 5.92 Å². The quantitative estimate of drug-likeness (QED) is 0.766. The molecule has 1 unspecified atom stereocenters. The SMILES string of the molecule is CC[C@H](C)C(CNC(=O)OCC(F)(F)F)C(N)=O. The zero-order chi connectivity index (χ0) is 14.3. The molecule has 0 aliphatic heterocycles. The Labute approximate surface area is 103 Å². The predicted octanol–water partition coefficient (Wildman–Crippen LogP) is 1.42. The van der Waals surface area contributed by atoms with E-state index < -0.39 is 30.7 Å². The number of rotatable bonds is 6. The van der Waals surface area contributed by atoms with E-state index >= 15 is 0 Å². The Morgan fingerprint density at radius 2 is 1.94 bits per heavy atom. The van der Waals surface area contributed by atoms with Crippen LogP contribution in [0.5, 0.6) is 0 Å². The van der Waals surface area contributed by atoms with Crippen molar-refractivity contribution in [2.45, 2.75) is 26.4 Å².